The second kappa shape index (κ2) is 8.05. The van der Waals surface area contributed by atoms with Gasteiger partial charge in [0.2, 0.25) is 0 Å². The molecule has 0 saturated carbocycles. The molecule has 3 rings (SSSR count). The molecular formula is C19H21F3N2O2. The number of pyridine rings is 1. The number of benzene rings is 1. The molecule has 2 heterocycles. The van der Waals surface area contributed by atoms with Crippen LogP contribution in [0.25, 0.3) is 11.1 Å². The van der Waals surface area contributed by atoms with Crippen LogP contribution in [0.2, 0.25) is 0 Å². The van der Waals surface area contributed by atoms with Gasteiger partial charge in [-0.15, -0.1) is 0 Å². The molecule has 26 heavy (non-hydrogen) atoms. The number of halogens is 3. The highest BCUT2D eigenvalue weighted by molar-refractivity contribution is 5.64. The van der Waals surface area contributed by atoms with Gasteiger partial charge in [0.15, 0.2) is 6.10 Å². The third-order valence-electron chi connectivity index (χ3n) is 4.42. The molecule has 4 nitrogen and oxygen atoms in total. The first-order valence-electron chi connectivity index (χ1n) is 8.46. The number of nitrogens with one attached hydrogen (secondary N) is 1. The molecule has 0 amide bonds. The second-order valence-electron chi connectivity index (χ2n) is 6.33. The Balaban J connectivity index is 1.72. The van der Waals surface area contributed by atoms with Crippen LogP contribution in [0.1, 0.15) is 12.0 Å². The number of nitrogens with zero attached hydrogens (tertiary/aromatic N) is 1. The van der Waals surface area contributed by atoms with Crippen LogP contribution in [0.3, 0.4) is 0 Å². The molecule has 7 heteroatoms. The normalized spacial score (nSPS) is 18.2. The third kappa shape index (κ3) is 4.74. The third-order valence-corrected chi connectivity index (χ3v) is 4.42. The van der Waals surface area contributed by atoms with E-state index in [9.17, 15) is 13.2 Å². The monoisotopic (exact) mass is 366 g/mol. The Morgan fingerprint density at radius 2 is 2.04 bits per heavy atom. The molecule has 0 spiro atoms. The number of ether oxygens (including phenoxy) is 2. The van der Waals surface area contributed by atoms with Crippen molar-refractivity contribution >= 4 is 0 Å². The van der Waals surface area contributed by atoms with Crippen LogP contribution in [0.5, 0.6) is 5.75 Å². The Hall–Kier alpha value is -2.12. The lowest BCUT2D eigenvalue weighted by molar-refractivity contribution is -0.212. The molecule has 1 aromatic heterocycles. The molecule has 1 fully saturated rings. The zero-order valence-corrected chi connectivity index (χ0v) is 14.4. The van der Waals surface area contributed by atoms with Gasteiger partial charge in [-0.05, 0) is 30.2 Å². The molecule has 0 bridgehead atoms. The second-order valence-corrected chi connectivity index (χ2v) is 6.33. The molecule has 1 aromatic carbocycles. The van der Waals surface area contributed by atoms with Crippen LogP contribution < -0.4 is 10.1 Å². The van der Waals surface area contributed by atoms with E-state index in [-0.39, 0.29) is 6.42 Å². The summed E-state index contributed by atoms with van der Waals surface area (Å²) in [6.07, 6.45) is -2.04. The maximum atomic E-state index is 12.9. The standard InChI is InChI=1S/C19H21F3N2O2/c1-25-18(19(20,21)22)8-13-3-2-4-14(7-13)15-9-17(11-23-10-15)26-12-16-5-6-24-16/h2-4,7,9-11,16,18,24H,5-6,8,12H2,1H3. The van der Waals surface area contributed by atoms with E-state index < -0.39 is 12.3 Å². The lowest BCUT2D eigenvalue weighted by atomic mass is 10.0. The molecular weight excluding hydrogens is 345 g/mol. The fourth-order valence-corrected chi connectivity index (χ4v) is 2.77. The van der Waals surface area contributed by atoms with Crippen molar-refractivity contribution in [3.63, 3.8) is 0 Å². The molecule has 1 N–H and O–H groups in total. The van der Waals surface area contributed by atoms with Crippen molar-refractivity contribution < 1.29 is 22.6 Å². The summed E-state index contributed by atoms with van der Waals surface area (Å²) in [5, 5.41) is 3.26. The molecule has 1 aliphatic heterocycles. The number of aromatic nitrogens is 1. The molecule has 0 aliphatic carbocycles. The van der Waals surface area contributed by atoms with E-state index in [1.165, 1.54) is 0 Å². The Labute approximate surface area is 150 Å². The predicted octanol–water partition coefficient (Wildman–Crippen LogP) is 3.61. The smallest absolute Gasteiger partial charge is 0.414 e. The Bertz CT molecular complexity index is 733. The van der Waals surface area contributed by atoms with Crippen molar-refractivity contribution in [1.29, 1.82) is 0 Å². The zero-order valence-electron chi connectivity index (χ0n) is 14.4. The van der Waals surface area contributed by atoms with Crippen molar-refractivity contribution in [2.45, 2.75) is 31.2 Å². The fourth-order valence-electron chi connectivity index (χ4n) is 2.77. The highest BCUT2D eigenvalue weighted by Crippen LogP contribution is 2.28. The topological polar surface area (TPSA) is 43.4 Å². The Morgan fingerprint density at radius 1 is 1.23 bits per heavy atom. The maximum absolute atomic E-state index is 12.9. The quantitative estimate of drug-likeness (QED) is 0.813. The van der Waals surface area contributed by atoms with E-state index in [2.05, 4.69) is 15.0 Å². The van der Waals surface area contributed by atoms with Crippen LogP contribution >= 0.6 is 0 Å². The van der Waals surface area contributed by atoms with Gasteiger partial charge < -0.3 is 14.8 Å². The molecule has 1 aliphatic rings. The highest BCUT2D eigenvalue weighted by atomic mass is 19.4. The van der Waals surface area contributed by atoms with Gasteiger partial charge in [-0.1, -0.05) is 24.3 Å². The van der Waals surface area contributed by atoms with Crippen LogP contribution in [-0.4, -0.2) is 43.6 Å². The summed E-state index contributed by atoms with van der Waals surface area (Å²) in [6.45, 7) is 1.59. The Morgan fingerprint density at radius 3 is 2.69 bits per heavy atom. The number of methoxy groups -OCH3 is 1. The minimum absolute atomic E-state index is 0.231. The average Bonchev–Trinajstić information content (AvgIpc) is 2.58. The summed E-state index contributed by atoms with van der Waals surface area (Å²) in [6, 6.07) is 9.19. The van der Waals surface area contributed by atoms with Crippen LogP contribution in [-0.2, 0) is 11.2 Å². The maximum Gasteiger partial charge on any atom is 0.414 e. The summed E-state index contributed by atoms with van der Waals surface area (Å²) in [5.41, 5.74) is 2.14. The zero-order chi connectivity index (χ0) is 18.6. The van der Waals surface area contributed by atoms with E-state index in [4.69, 9.17) is 4.74 Å². The van der Waals surface area contributed by atoms with Gasteiger partial charge in [-0.3, -0.25) is 4.98 Å². The van der Waals surface area contributed by atoms with Gasteiger partial charge in [0.25, 0.3) is 0 Å². The van der Waals surface area contributed by atoms with Gasteiger partial charge in [0, 0.05) is 31.3 Å². The van der Waals surface area contributed by atoms with Crippen molar-refractivity contribution in [2.24, 2.45) is 0 Å². The van der Waals surface area contributed by atoms with Crippen LogP contribution in [0.4, 0.5) is 13.2 Å². The number of hydrogen-bond acceptors (Lipinski definition) is 4. The lowest BCUT2D eigenvalue weighted by Crippen LogP contribution is -2.46. The first-order chi connectivity index (χ1) is 12.5. The van der Waals surface area contributed by atoms with E-state index in [0.717, 1.165) is 31.2 Å². The van der Waals surface area contributed by atoms with Crippen molar-refractivity contribution in [3.8, 4) is 16.9 Å². The number of rotatable bonds is 7. The minimum Gasteiger partial charge on any atom is -0.490 e. The van der Waals surface area contributed by atoms with Crippen LogP contribution in [0, 0.1) is 0 Å². The molecule has 1 saturated heterocycles. The molecule has 140 valence electrons. The molecule has 2 aromatic rings. The van der Waals surface area contributed by atoms with E-state index in [1.807, 2.05) is 12.1 Å². The van der Waals surface area contributed by atoms with Crippen molar-refractivity contribution in [1.82, 2.24) is 10.3 Å². The molecule has 2 atom stereocenters. The van der Waals surface area contributed by atoms with Gasteiger partial charge in [0.05, 0.1) is 6.20 Å². The fraction of sp³-hybridized carbons (Fsp3) is 0.421. The van der Waals surface area contributed by atoms with Crippen molar-refractivity contribution in [2.75, 3.05) is 20.3 Å². The lowest BCUT2D eigenvalue weighted by Gasteiger charge is -2.27. The summed E-state index contributed by atoms with van der Waals surface area (Å²) in [4.78, 5) is 4.18. The van der Waals surface area contributed by atoms with E-state index in [1.54, 1.807) is 30.6 Å². The van der Waals surface area contributed by atoms with Gasteiger partial charge in [0.1, 0.15) is 12.4 Å². The SMILES string of the molecule is COC(Cc1cccc(-c2cncc(OCC3CCN3)c2)c1)C(F)(F)F. The summed E-state index contributed by atoms with van der Waals surface area (Å²) in [7, 11) is 1.07. The highest BCUT2D eigenvalue weighted by Gasteiger charge is 2.39. The summed E-state index contributed by atoms with van der Waals surface area (Å²) < 4.78 is 49.1. The summed E-state index contributed by atoms with van der Waals surface area (Å²) >= 11 is 0. The first kappa shape index (κ1) is 18.7. The predicted molar refractivity (Wildman–Crippen MR) is 92.1 cm³/mol. The van der Waals surface area contributed by atoms with Crippen LogP contribution in [0.15, 0.2) is 42.7 Å². The van der Waals surface area contributed by atoms with Gasteiger partial charge >= 0.3 is 6.18 Å². The molecule has 0 radical (unpaired) electrons. The van der Waals surface area contributed by atoms with E-state index >= 15 is 0 Å². The van der Waals surface area contributed by atoms with Gasteiger partial charge in [-0.2, -0.15) is 13.2 Å². The largest absolute Gasteiger partial charge is 0.490 e. The number of hydrogen-bond donors (Lipinski definition) is 1. The average molecular weight is 366 g/mol. The first-order valence-corrected chi connectivity index (χ1v) is 8.46. The van der Waals surface area contributed by atoms with Gasteiger partial charge in [-0.25, -0.2) is 0 Å². The number of alkyl halides is 3. The minimum atomic E-state index is -4.39. The molecule has 2 unspecified atom stereocenters. The van der Waals surface area contributed by atoms with E-state index in [0.29, 0.717) is 24.0 Å². The summed E-state index contributed by atoms with van der Waals surface area (Å²) in [5.74, 6) is 0.645. The van der Waals surface area contributed by atoms with Crippen molar-refractivity contribution in [3.05, 3.63) is 48.3 Å². The Kier molecular flexibility index (Phi) is 5.78.